The molecule has 2 heterocycles. The zero-order valence-electron chi connectivity index (χ0n) is 16.6. The summed E-state index contributed by atoms with van der Waals surface area (Å²) in [7, 11) is 3.14. The Balaban J connectivity index is 1.81. The number of thiazole rings is 1. The first-order chi connectivity index (χ1) is 15.0. The highest BCUT2D eigenvalue weighted by Crippen LogP contribution is 2.38. The van der Waals surface area contributed by atoms with E-state index >= 15 is 0 Å². The van der Waals surface area contributed by atoms with Crippen molar-refractivity contribution in [1.82, 2.24) is 9.97 Å². The Morgan fingerprint density at radius 3 is 2.42 bits per heavy atom. The quantitative estimate of drug-likeness (QED) is 0.350. The van der Waals surface area contributed by atoms with E-state index in [-0.39, 0.29) is 12.5 Å². The molecule has 0 atom stereocenters. The monoisotopic (exact) mass is 473 g/mol. The molecule has 0 saturated heterocycles. The van der Waals surface area contributed by atoms with Gasteiger partial charge in [-0.25, -0.2) is 4.98 Å². The molecule has 6 nitrogen and oxygen atoms in total. The number of pyridine rings is 1. The van der Waals surface area contributed by atoms with Crippen molar-refractivity contribution < 1.29 is 14.3 Å². The third kappa shape index (κ3) is 4.58. The van der Waals surface area contributed by atoms with Crippen LogP contribution in [0.2, 0.25) is 10.0 Å². The first-order valence-electron chi connectivity index (χ1n) is 9.18. The summed E-state index contributed by atoms with van der Waals surface area (Å²) in [5.74, 6) is 0.891. The molecule has 0 N–H and O–H groups in total. The average molecular weight is 474 g/mol. The van der Waals surface area contributed by atoms with Crippen LogP contribution in [-0.4, -0.2) is 30.1 Å². The zero-order valence-corrected chi connectivity index (χ0v) is 19.0. The van der Waals surface area contributed by atoms with Gasteiger partial charge < -0.3 is 9.47 Å². The van der Waals surface area contributed by atoms with Crippen LogP contribution in [0.5, 0.6) is 11.5 Å². The third-order valence-corrected chi connectivity index (χ3v) is 6.01. The number of carbonyl (C=O) groups is 1. The van der Waals surface area contributed by atoms with Gasteiger partial charge in [0.2, 0.25) is 0 Å². The standard InChI is InChI=1S/C22H17Cl2N3O3S/c1-29-18-9-17-20(10-19(18)30-2)31-22(26-17)27(12-13-4-3-5-25-11-13)21(28)14-6-15(23)8-16(24)7-14/h3-11H,12H2,1-2H3. The van der Waals surface area contributed by atoms with E-state index in [1.54, 1.807) is 55.8 Å². The van der Waals surface area contributed by atoms with Crippen LogP contribution in [0.15, 0.2) is 54.9 Å². The Hall–Kier alpha value is -2.87. The highest BCUT2D eigenvalue weighted by atomic mass is 35.5. The fourth-order valence-corrected chi connectivity index (χ4v) is 4.59. The molecule has 9 heteroatoms. The van der Waals surface area contributed by atoms with Gasteiger partial charge in [0, 0.05) is 40.1 Å². The van der Waals surface area contributed by atoms with Gasteiger partial charge in [0.25, 0.3) is 5.91 Å². The number of aromatic nitrogens is 2. The molecule has 0 radical (unpaired) electrons. The summed E-state index contributed by atoms with van der Waals surface area (Å²) in [4.78, 5) is 23.9. The van der Waals surface area contributed by atoms with Crippen LogP contribution in [0, 0.1) is 0 Å². The van der Waals surface area contributed by atoms with E-state index in [4.69, 9.17) is 32.7 Å². The van der Waals surface area contributed by atoms with Crippen molar-refractivity contribution in [2.24, 2.45) is 0 Å². The lowest BCUT2D eigenvalue weighted by atomic mass is 10.2. The van der Waals surface area contributed by atoms with Gasteiger partial charge in [0.15, 0.2) is 16.6 Å². The van der Waals surface area contributed by atoms with Gasteiger partial charge in [-0.05, 0) is 29.8 Å². The normalized spacial score (nSPS) is 10.8. The first-order valence-corrected chi connectivity index (χ1v) is 10.7. The Labute approximate surface area is 193 Å². The molecule has 0 aliphatic carbocycles. The van der Waals surface area contributed by atoms with E-state index in [0.717, 1.165) is 10.3 Å². The van der Waals surface area contributed by atoms with E-state index in [1.807, 2.05) is 18.2 Å². The maximum absolute atomic E-state index is 13.5. The van der Waals surface area contributed by atoms with Crippen LogP contribution < -0.4 is 14.4 Å². The first kappa shape index (κ1) is 21.4. The van der Waals surface area contributed by atoms with Gasteiger partial charge in [0.1, 0.15) is 0 Å². The fourth-order valence-electron chi connectivity index (χ4n) is 3.09. The lowest BCUT2D eigenvalue weighted by molar-refractivity contribution is 0.0985. The fraction of sp³-hybridized carbons (Fsp3) is 0.136. The minimum Gasteiger partial charge on any atom is -0.493 e. The van der Waals surface area contributed by atoms with Gasteiger partial charge in [-0.15, -0.1) is 0 Å². The molecule has 31 heavy (non-hydrogen) atoms. The smallest absolute Gasteiger partial charge is 0.260 e. The highest BCUT2D eigenvalue weighted by Gasteiger charge is 2.23. The number of rotatable bonds is 6. The van der Waals surface area contributed by atoms with E-state index < -0.39 is 0 Å². The van der Waals surface area contributed by atoms with Crippen molar-refractivity contribution in [3.8, 4) is 11.5 Å². The van der Waals surface area contributed by atoms with Crippen molar-refractivity contribution in [2.45, 2.75) is 6.54 Å². The summed E-state index contributed by atoms with van der Waals surface area (Å²) in [6.07, 6.45) is 3.40. The minimum absolute atomic E-state index is 0.272. The predicted octanol–water partition coefficient (Wildman–Crippen LogP) is 5.86. The SMILES string of the molecule is COc1cc2nc(N(Cc3cccnc3)C(=O)c3cc(Cl)cc(Cl)c3)sc2cc1OC. The highest BCUT2D eigenvalue weighted by molar-refractivity contribution is 7.22. The van der Waals surface area contributed by atoms with Gasteiger partial charge in [-0.2, -0.15) is 0 Å². The molecule has 158 valence electrons. The molecule has 0 aliphatic heterocycles. The van der Waals surface area contributed by atoms with Crippen molar-refractivity contribution in [3.05, 3.63) is 76.0 Å². The van der Waals surface area contributed by atoms with Gasteiger partial charge >= 0.3 is 0 Å². The maximum Gasteiger partial charge on any atom is 0.260 e. The van der Waals surface area contributed by atoms with E-state index in [0.29, 0.717) is 37.8 Å². The number of carbonyl (C=O) groups excluding carboxylic acids is 1. The van der Waals surface area contributed by atoms with Crippen LogP contribution >= 0.6 is 34.5 Å². The Morgan fingerprint density at radius 1 is 1.06 bits per heavy atom. The van der Waals surface area contributed by atoms with Crippen LogP contribution in [0.4, 0.5) is 5.13 Å². The number of fused-ring (bicyclic) bond motifs is 1. The summed E-state index contributed by atoms with van der Waals surface area (Å²) in [5.41, 5.74) is 1.93. The molecule has 0 saturated carbocycles. The van der Waals surface area contributed by atoms with Crippen LogP contribution in [-0.2, 0) is 6.54 Å². The van der Waals surface area contributed by atoms with Gasteiger partial charge in [0.05, 0.1) is 31.0 Å². The lowest BCUT2D eigenvalue weighted by Crippen LogP contribution is -2.30. The number of hydrogen-bond acceptors (Lipinski definition) is 6. The number of halogens is 2. The van der Waals surface area contributed by atoms with Gasteiger partial charge in [-0.3, -0.25) is 14.7 Å². The number of hydrogen-bond donors (Lipinski definition) is 0. The molecule has 2 aromatic carbocycles. The summed E-state index contributed by atoms with van der Waals surface area (Å²) >= 11 is 13.6. The summed E-state index contributed by atoms with van der Waals surface area (Å²) < 4.78 is 11.6. The number of methoxy groups -OCH3 is 2. The van der Waals surface area contributed by atoms with E-state index in [9.17, 15) is 4.79 Å². The lowest BCUT2D eigenvalue weighted by Gasteiger charge is -2.20. The van der Waals surface area contributed by atoms with Crippen molar-refractivity contribution in [2.75, 3.05) is 19.1 Å². The van der Waals surface area contributed by atoms with E-state index in [2.05, 4.69) is 9.97 Å². The number of ether oxygens (including phenoxy) is 2. The summed E-state index contributed by atoms with van der Waals surface area (Å²) in [6, 6.07) is 12.1. The molecule has 4 rings (SSSR count). The largest absolute Gasteiger partial charge is 0.493 e. The molecular formula is C22H17Cl2N3O3S. The second-order valence-electron chi connectivity index (χ2n) is 6.58. The summed E-state index contributed by atoms with van der Waals surface area (Å²) in [5, 5.41) is 1.29. The summed E-state index contributed by atoms with van der Waals surface area (Å²) in [6.45, 7) is 0.283. The molecule has 0 spiro atoms. The number of benzene rings is 2. The van der Waals surface area contributed by atoms with Crippen molar-refractivity contribution >= 4 is 55.8 Å². The maximum atomic E-state index is 13.5. The second kappa shape index (κ2) is 9.09. The molecule has 2 aromatic heterocycles. The van der Waals surface area contributed by atoms with E-state index in [1.165, 1.54) is 11.3 Å². The molecule has 0 aliphatic rings. The molecule has 0 bridgehead atoms. The van der Waals surface area contributed by atoms with Crippen LogP contribution in [0.1, 0.15) is 15.9 Å². The Bertz CT molecular complexity index is 1190. The number of amides is 1. The Kier molecular flexibility index (Phi) is 6.27. The number of anilines is 1. The zero-order chi connectivity index (χ0) is 22.0. The number of nitrogens with zero attached hydrogens (tertiary/aromatic N) is 3. The Morgan fingerprint density at radius 2 is 1.77 bits per heavy atom. The topological polar surface area (TPSA) is 64.5 Å². The predicted molar refractivity (Wildman–Crippen MR) is 124 cm³/mol. The molecule has 0 unspecified atom stereocenters. The molecular weight excluding hydrogens is 457 g/mol. The second-order valence-corrected chi connectivity index (χ2v) is 8.46. The van der Waals surface area contributed by atoms with Crippen LogP contribution in [0.3, 0.4) is 0 Å². The molecule has 1 amide bonds. The van der Waals surface area contributed by atoms with Crippen LogP contribution in [0.25, 0.3) is 10.2 Å². The molecule has 0 fully saturated rings. The van der Waals surface area contributed by atoms with Gasteiger partial charge in [-0.1, -0.05) is 40.6 Å². The minimum atomic E-state index is -0.272. The molecule has 4 aromatic rings. The van der Waals surface area contributed by atoms with Crippen molar-refractivity contribution in [1.29, 1.82) is 0 Å². The van der Waals surface area contributed by atoms with Crippen molar-refractivity contribution in [3.63, 3.8) is 0 Å². The average Bonchev–Trinajstić information content (AvgIpc) is 3.18. The third-order valence-electron chi connectivity index (χ3n) is 4.53.